The van der Waals surface area contributed by atoms with Crippen LogP contribution in [0.1, 0.15) is 5.56 Å². The predicted molar refractivity (Wildman–Crippen MR) is 94.8 cm³/mol. The van der Waals surface area contributed by atoms with E-state index in [-0.39, 0.29) is 12.5 Å². The predicted octanol–water partition coefficient (Wildman–Crippen LogP) is 2.82. The number of hydrogen-bond donors (Lipinski definition) is 1. The molecule has 0 radical (unpaired) electrons. The van der Waals surface area contributed by atoms with Crippen molar-refractivity contribution in [3.05, 3.63) is 66.4 Å². The molecular weight excluding hydrogens is 300 g/mol. The zero-order valence-corrected chi connectivity index (χ0v) is 13.5. The number of nitrogens with one attached hydrogen (secondary N) is 1. The molecule has 0 aliphatic heterocycles. The summed E-state index contributed by atoms with van der Waals surface area (Å²) < 4.78 is 7.03. The molecule has 0 spiro atoms. The molecule has 1 aromatic heterocycles. The maximum atomic E-state index is 12.0. The van der Waals surface area contributed by atoms with E-state index < -0.39 is 0 Å². The van der Waals surface area contributed by atoms with Crippen LogP contribution in [0, 0.1) is 11.8 Å². The molecule has 2 aromatic carbocycles. The van der Waals surface area contributed by atoms with Gasteiger partial charge in [-0.25, -0.2) is 0 Å². The molecule has 1 N–H and O–H groups in total. The summed E-state index contributed by atoms with van der Waals surface area (Å²) in [5, 5.41) is 3.95. The average molecular weight is 318 g/mol. The van der Waals surface area contributed by atoms with Gasteiger partial charge in [-0.15, -0.1) is 0 Å². The Morgan fingerprint density at radius 1 is 1.12 bits per heavy atom. The lowest BCUT2D eigenvalue weighted by Crippen LogP contribution is -2.27. The van der Waals surface area contributed by atoms with Gasteiger partial charge in [-0.2, -0.15) is 0 Å². The van der Waals surface area contributed by atoms with E-state index in [0.717, 1.165) is 22.2 Å². The number of para-hydroxylation sites is 1. The first-order chi connectivity index (χ1) is 11.8. The van der Waals surface area contributed by atoms with Crippen LogP contribution in [0.25, 0.3) is 10.9 Å². The molecular formula is C20H18N2O2. The average Bonchev–Trinajstić information content (AvgIpc) is 3.02. The molecule has 0 aliphatic rings. The van der Waals surface area contributed by atoms with Crippen molar-refractivity contribution in [1.82, 2.24) is 9.88 Å². The van der Waals surface area contributed by atoms with Crippen molar-refractivity contribution in [3.8, 4) is 17.6 Å². The maximum Gasteiger partial charge on any atom is 0.240 e. The number of benzene rings is 2. The smallest absolute Gasteiger partial charge is 0.240 e. The minimum absolute atomic E-state index is 0.0552. The number of amides is 1. The monoisotopic (exact) mass is 318 g/mol. The number of carbonyl (C=O) groups is 1. The highest BCUT2D eigenvalue weighted by Crippen LogP contribution is 2.14. The highest BCUT2D eigenvalue weighted by molar-refractivity contribution is 5.83. The van der Waals surface area contributed by atoms with Crippen LogP contribution in [0.5, 0.6) is 5.75 Å². The summed E-state index contributed by atoms with van der Waals surface area (Å²) in [6.07, 6.45) is 1.92. The van der Waals surface area contributed by atoms with E-state index in [4.69, 9.17) is 4.74 Å². The lowest BCUT2D eigenvalue weighted by molar-refractivity contribution is -0.121. The van der Waals surface area contributed by atoms with Crippen LogP contribution in [0.3, 0.4) is 0 Å². The van der Waals surface area contributed by atoms with Crippen LogP contribution in [0.2, 0.25) is 0 Å². The van der Waals surface area contributed by atoms with Gasteiger partial charge < -0.3 is 14.6 Å². The fourth-order valence-corrected chi connectivity index (χ4v) is 2.45. The Labute approximate surface area is 141 Å². The summed E-state index contributed by atoms with van der Waals surface area (Å²) in [6, 6.07) is 17.5. The van der Waals surface area contributed by atoms with Gasteiger partial charge in [0.1, 0.15) is 12.3 Å². The molecule has 0 saturated heterocycles. The van der Waals surface area contributed by atoms with Crippen LogP contribution in [0.15, 0.2) is 60.8 Å². The van der Waals surface area contributed by atoms with Crippen LogP contribution in [-0.4, -0.2) is 24.1 Å². The molecule has 120 valence electrons. The fourth-order valence-electron chi connectivity index (χ4n) is 2.45. The number of carbonyl (C=O) groups excluding carboxylic acids is 1. The Kier molecular flexibility index (Phi) is 4.83. The van der Waals surface area contributed by atoms with Crippen LogP contribution in [0.4, 0.5) is 0 Å². The van der Waals surface area contributed by atoms with Gasteiger partial charge in [-0.05, 0) is 41.8 Å². The molecule has 0 unspecified atom stereocenters. The van der Waals surface area contributed by atoms with Gasteiger partial charge in [-0.1, -0.05) is 30.0 Å². The van der Waals surface area contributed by atoms with E-state index in [1.807, 2.05) is 65.4 Å². The van der Waals surface area contributed by atoms with Crippen LogP contribution >= 0.6 is 0 Å². The van der Waals surface area contributed by atoms with Crippen molar-refractivity contribution in [2.24, 2.45) is 0 Å². The zero-order valence-electron chi connectivity index (χ0n) is 13.5. The fraction of sp³-hybridized carbons (Fsp3) is 0.150. The highest BCUT2D eigenvalue weighted by Gasteiger charge is 2.04. The summed E-state index contributed by atoms with van der Waals surface area (Å²) in [5.41, 5.74) is 1.94. The van der Waals surface area contributed by atoms with Gasteiger partial charge in [0, 0.05) is 17.3 Å². The molecule has 0 bridgehead atoms. The summed E-state index contributed by atoms with van der Waals surface area (Å²) in [6.45, 7) is 0.613. The summed E-state index contributed by atoms with van der Waals surface area (Å²) >= 11 is 0. The normalized spacial score (nSPS) is 10.0. The summed E-state index contributed by atoms with van der Waals surface area (Å²) in [5.74, 6) is 6.71. The van der Waals surface area contributed by atoms with Gasteiger partial charge in [-0.3, -0.25) is 4.79 Å². The number of nitrogens with zero attached hydrogens (tertiary/aromatic N) is 1. The zero-order chi connectivity index (χ0) is 16.8. The van der Waals surface area contributed by atoms with Crippen molar-refractivity contribution < 1.29 is 9.53 Å². The molecule has 3 rings (SSSR count). The molecule has 1 heterocycles. The third kappa shape index (κ3) is 3.76. The second-order valence-corrected chi connectivity index (χ2v) is 5.31. The molecule has 3 aromatic rings. The van der Waals surface area contributed by atoms with Gasteiger partial charge >= 0.3 is 0 Å². The number of rotatable bonds is 4. The van der Waals surface area contributed by atoms with Crippen LogP contribution < -0.4 is 10.1 Å². The Balaban J connectivity index is 1.53. The standard InChI is InChI=1S/C20H18N2O2/c1-24-18-10-8-16(9-11-18)5-4-13-21-20(23)15-22-14-12-17-6-2-3-7-19(17)22/h2-3,6-12,14H,13,15H2,1H3,(H,21,23). The molecule has 0 atom stereocenters. The number of methoxy groups -OCH3 is 1. The molecule has 0 aliphatic carbocycles. The van der Waals surface area contributed by atoms with E-state index >= 15 is 0 Å². The number of hydrogen-bond acceptors (Lipinski definition) is 2. The van der Waals surface area contributed by atoms with Gasteiger partial charge in [0.2, 0.25) is 5.91 Å². The SMILES string of the molecule is COc1ccc(C#CCNC(=O)Cn2ccc3ccccc32)cc1. The van der Waals surface area contributed by atoms with Gasteiger partial charge in [0.15, 0.2) is 0 Å². The lowest BCUT2D eigenvalue weighted by Gasteiger charge is -2.05. The van der Waals surface area contributed by atoms with E-state index in [1.54, 1.807) is 7.11 Å². The van der Waals surface area contributed by atoms with Crippen molar-refractivity contribution in [1.29, 1.82) is 0 Å². The second-order valence-electron chi connectivity index (χ2n) is 5.31. The van der Waals surface area contributed by atoms with Crippen molar-refractivity contribution >= 4 is 16.8 Å². The third-order valence-electron chi connectivity index (χ3n) is 3.69. The van der Waals surface area contributed by atoms with Crippen molar-refractivity contribution in [2.45, 2.75) is 6.54 Å². The minimum Gasteiger partial charge on any atom is -0.497 e. The van der Waals surface area contributed by atoms with E-state index in [1.165, 1.54) is 0 Å². The first-order valence-electron chi connectivity index (χ1n) is 7.70. The summed E-state index contributed by atoms with van der Waals surface area (Å²) in [7, 11) is 1.63. The molecule has 4 nitrogen and oxygen atoms in total. The number of aromatic nitrogens is 1. The van der Waals surface area contributed by atoms with Crippen molar-refractivity contribution in [3.63, 3.8) is 0 Å². The Hall–Kier alpha value is -3.19. The van der Waals surface area contributed by atoms with Gasteiger partial charge in [0.25, 0.3) is 0 Å². The minimum atomic E-state index is -0.0552. The maximum absolute atomic E-state index is 12.0. The topological polar surface area (TPSA) is 43.3 Å². The quantitative estimate of drug-likeness (QED) is 0.752. The Morgan fingerprint density at radius 3 is 2.71 bits per heavy atom. The molecule has 0 saturated carbocycles. The third-order valence-corrected chi connectivity index (χ3v) is 3.69. The highest BCUT2D eigenvalue weighted by atomic mass is 16.5. The van der Waals surface area contributed by atoms with Gasteiger partial charge in [0.05, 0.1) is 13.7 Å². The second kappa shape index (κ2) is 7.38. The summed E-state index contributed by atoms with van der Waals surface area (Å²) in [4.78, 5) is 12.0. The lowest BCUT2D eigenvalue weighted by atomic mass is 10.2. The first kappa shape index (κ1) is 15.7. The van der Waals surface area contributed by atoms with Crippen LogP contribution in [-0.2, 0) is 11.3 Å². The Morgan fingerprint density at radius 2 is 1.92 bits per heavy atom. The Bertz CT molecular complexity index is 899. The molecule has 24 heavy (non-hydrogen) atoms. The van der Waals surface area contributed by atoms with E-state index in [2.05, 4.69) is 17.2 Å². The largest absolute Gasteiger partial charge is 0.497 e. The van der Waals surface area contributed by atoms with E-state index in [0.29, 0.717) is 6.54 Å². The number of ether oxygens (including phenoxy) is 1. The molecule has 1 amide bonds. The van der Waals surface area contributed by atoms with Crippen molar-refractivity contribution in [2.75, 3.05) is 13.7 Å². The molecule has 4 heteroatoms. The molecule has 0 fully saturated rings. The number of fused-ring (bicyclic) bond motifs is 1. The van der Waals surface area contributed by atoms with E-state index in [9.17, 15) is 4.79 Å². The first-order valence-corrected chi connectivity index (χ1v) is 7.70.